The molecule has 3 aromatic rings. The minimum atomic E-state index is -0.580. The highest BCUT2D eigenvalue weighted by molar-refractivity contribution is 6.30. The SMILES string of the molecule is Cc1cc(Cl)nc2c(C(=O)NC(C)(C)c3ccc(Cl)cc3)cnn12. The Morgan fingerprint density at radius 2 is 1.88 bits per heavy atom. The molecule has 1 aromatic carbocycles. The van der Waals surface area contributed by atoms with Crippen molar-refractivity contribution in [3.63, 3.8) is 0 Å². The number of hydrogen-bond donors (Lipinski definition) is 1. The Hall–Kier alpha value is -2.11. The van der Waals surface area contributed by atoms with Gasteiger partial charge in [-0.15, -0.1) is 0 Å². The first-order valence-corrected chi connectivity index (χ1v) is 8.13. The predicted octanol–water partition coefficient (Wildman–Crippen LogP) is 4.01. The van der Waals surface area contributed by atoms with Crippen LogP contribution in [-0.2, 0) is 5.54 Å². The number of rotatable bonds is 3. The van der Waals surface area contributed by atoms with Gasteiger partial charge in [0.1, 0.15) is 10.7 Å². The highest BCUT2D eigenvalue weighted by Crippen LogP contribution is 2.23. The maximum atomic E-state index is 12.7. The minimum absolute atomic E-state index is 0.265. The maximum absolute atomic E-state index is 12.7. The van der Waals surface area contributed by atoms with Crippen LogP contribution in [0.25, 0.3) is 5.65 Å². The Morgan fingerprint density at radius 1 is 1.21 bits per heavy atom. The molecule has 5 nitrogen and oxygen atoms in total. The number of nitrogens with one attached hydrogen (secondary N) is 1. The highest BCUT2D eigenvalue weighted by Gasteiger charge is 2.25. The Morgan fingerprint density at radius 3 is 2.54 bits per heavy atom. The quantitative estimate of drug-likeness (QED) is 0.716. The molecule has 0 unspecified atom stereocenters. The van der Waals surface area contributed by atoms with Crippen LogP contribution in [0, 0.1) is 6.92 Å². The van der Waals surface area contributed by atoms with Crippen molar-refractivity contribution in [2.24, 2.45) is 0 Å². The lowest BCUT2D eigenvalue weighted by Crippen LogP contribution is -2.41. The van der Waals surface area contributed by atoms with Crippen LogP contribution in [0.5, 0.6) is 0 Å². The lowest BCUT2D eigenvalue weighted by Gasteiger charge is -2.26. The van der Waals surface area contributed by atoms with Gasteiger partial charge in [-0.2, -0.15) is 5.10 Å². The van der Waals surface area contributed by atoms with Gasteiger partial charge in [-0.3, -0.25) is 4.79 Å². The third kappa shape index (κ3) is 3.09. The molecule has 2 aromatic heterocycles. The lowest BCUT2D eigenvalue weighted by molar-refractivity contribution is 0.0913. The second kappa shape index (κ2) is 6.07. The van der Waals surface area contributed by atoms with E-state index in [2.05, 4.69) is 15.4 Å². The third-order valence-electron chi connectivity index (χ3n) is 3.86. The van der Waals surface area contributed by atoms with Gasteiger partial charge in [0.25, 0.3) is 5.91 Å². The molecule has 0 atom stereocenters. The first kappa shape index (κ1) is 16.7. The lowest BCUT2D eigenvalue weighted by atomic mass is 9.94. The van der Waals surface area contributed by atoms with Gasteiger partial charge in [-0.05, 0) is 44.5 Å². The molecule has 0 radical (unpaired) electrons. The summed E-state index contributed by atoms with van der Waals surface area (Å²) in [6.07, 6.45) is 1.50. The second-order valence-electron chi connectivity index (χ2n) is 6.10. The van der Waals surface area contributed by atoms with Crippen molar-refractivity contribution in [2.45, 2.75) is 26.3 Å². The van der Waals surface area contributed by atoms with Crippen LogP contribution in [0.2, 0.25) is 10.2 Å². The van der Waals surface area contributed by atoms with Crippen molar-refractivity contribution in [2.75, 3.05) is 0 Å². The standard InChI is InChI=1S/C17H16Cl2N4O/c1-10-8-14(19)21-15-13(9-20-23(10)15)16(24)22-17(2,3)11-4-6-12(18)7-5-11/h4-9H,1-3H3,(H,22,24). The molecule has 0 aliphatic carbocycles. The van der Waals surface area contributed by atoms with E-state index in [4.69, 9.17) is 23.2 Å². The summed E-state index contributed by atoms with van der Waals surface area (Å²) >= 11 is 11.9. The number of halogens is 2. The number of benzene rings is 1. The van der Waals surface area contributed by atoms with Crippen LogP contribution in [0.1, 0.15) is 35.5 Å². The van der Waals surface area contributed by atoms with Crippen LogP contribution < -0.4 is 5.32 Å². The molecule has 3 rings (SSSR count). The van der Waals surface area contributed by atoms with Crippen LogP contribution in [0.15, 0.2) is 36.5 Å². The van der Waals surface area contributed by atoms with E-state index in [9.17, 15) is 4.79 Å². The maximum Gasteiger partial charge on any atom is 0.257 e. The second-order valence-corrected chi connectivity index (χ2v) is 6.92. The van der Waals surface area contributed by atoms with Gasteiger partial charge in [0.2, 0.25) is 0 Å². The zero-order valence-corrected chi connectivity index (χ0v) is 15.0. The molecule has 0 fully saturated rings. The van der Waals surface area contributed by atoms with Gasteiger partial charge in [0.05, 0.1) is 11.7 Å². The number of aromatic nitrogens is 3. The summed E-state index contributed by atoms with van der Waals surface area (Å²) in [4.78, 5) is 16.9. The third-order valence-corrected chi connectivity index (χ3v) is 4.30. The van der Waals surface area contributed by atoms with Crippen LogP contribution in [0.3, 0.4) is 0 Å². The molecule has 124 valence electrons. The summed E-state index contributed by atoms with van der Waals surface area (Å²) in [6.45, 7) is 5.70. The van der Waals surface area contributed by atoms with Gasteiger partial charge >= 0.3 is 0 Å². The predicted molar refractivity (Wildman–Crippen MR) is 94.7 cm³/mol. The van der Waals surface area contributed by atoms with E-state index in [1.54, 1.807) is 22.7 Å². The van der Waals surface area contributed by atoms with E-state index in [0.717, 1.165) is 11.3 Å². The molecule has 24 heavy (non-hydrogen) atoms. The molecular weight excluding hydrogens is 347 g/mol. The topological polar surface area (TPSA) is 59.3 Å². The number of hydrogen-bond acceptors (Lipinski definition) is 3. The van der Waals surface area contributed by atoms with E-state index in [0.29, 0.717) is 21.4 Å². The molecule has 0 saturated heterocycles. The Bertz CT molecular complexity index is 916. The minimum Gasteiger partial charge on any atom is -0.343 e. The number of amides is 1. The highest BCUT2D eigenvalue weighted by atomic mass is 35.5. The van der Waals surface area contributed by atoms with Crippen molar-refractivity contribution in [3.05, 3.63) is 63.5 Å². The van der Waals surface area contributed by atoms with Crippen molar-refractivity contribution in [1.82, 2.24) is 19.9 Å². The molecule has 1 amide bonds. The fraction of sp³-hybridized carbons (Fsp3) is 0.235. The molecule has 0 spiro atoms. The first-order valence-electron chi connectivity index (χ1n) is 7.37. The number of aryl methyl sites for hydroxylation is 1. The van der Waals surface area contributed by atoms with E-state index < -0.39 is 5.54 Å². The molecule has 1 N–H and O–H groups in total. The summed E-state index contributed by atoms with van der Waals surface area (Å²) in [5, 5.41) is 8.20. The van der Waals surface area contributed by atoms with Crippen molar-refractivity contribution >= 4 is 34.8 Å². The monoisotopic (exact) mass is 362 g/mol. The Balaban J connectivity index is 1.93. The van der Waals surface area contributed by atoms with Crippen LogP contribution in [-0.4, -0.2) is 20.5 Å². The Kier molecular flexibility index (Phi) is 4.24. The normalized spacial score (nSPS) is 11.7. The zero-order chi connectivity index (χ0) is 17.5. The van der Waals surface area contributed by atoms with Gasteiger partial charge in [-0.25, -0.2) is 9.50 Å². The fourth-order valence-electron chi connectivity index (χ4n) is 2.52. The van der Waals surface area contributed by atoms with E-state index in [-0.39, 0.29) is 5.91 Å². The van der Waals surface area contributed by atoms with E-state index in [1.165, 1.54) is 6.20 Å². The Labute approximate surface area is 149 Å². The molecule has 0 aliphatic rings. The van der Waals surface area contributed by atoms with Crippen LogP contribution >= 0.6 is 23.2 Å². The fourth-order valence-corrected chi connectivity index (χ4v) is 2.89. The average molecular weight is 363 g/mol. The van der Waals surface area contributed by atoms with Gasteiger partial charge < -0.3 is 5.32 Å². The van der Waals surface area contributed by atoms with Gasteiger partial charge in [-0.1, -0.05) is 35.3 Å². The number of fused-ring (bicyclic) bond motifs is 1. The number of carbonyl (C=O) groups is 1. The van der Waals surface area contributed by atoms with Gasteiger partial charge in [0, 0.05) is 10.7 Å². The van der Waals surface area contributed by atoms with Crippen molar-refractivity contribution in [3.8, 4) is 0 Å². The van der Waals surface area contributed by atoms with Crippen molar-refractivity contribution < 1.29 is 4.79 Å². The number of carbonyl (C=O) groups excluding carboxylic acids is 1. The summed E-state index contributed by atoms with van der Waals surface area (Å²) in [6, 6.07) is 9.06. The summed E-state index contributed by atoms with van der Waals surface area (Å²) in [5.74, 6) is -0.265. The molecule has 7 heteroatoms. The summed E-state index contributed by atoms with van der Waals surface area (Å²) < 4.78 is 1.59. The van der Waals surface area contributed by atoms with Crippen LogP contribution in [0.4, 0.5) is 0 Å². The van der Waals surface area contributed by atoms with E-state index in [1.807, 2.05) is 32.9 Å². The average Bonchev–Trinajstić information content (AvgIpc) is 2.91. The first-order chi connectivity index (χ1) is 11.3. The van der Waals surface area contributed by atoms with Crippen molar-refractivity contribution in [1.29, 1.82) is 0 Å². The molecule has 0 aliphatic heterocycles. The zero-order valence-electron chi connectivity index (χ0n) is 13.5. The number of nitrogens with zero attached hydrogens (tertiary/aromatic N) is 3. The largest absolute Gasteiger partial charge is 0.343 e. The molecule has 0 saturated carbocycles. The van der Waals surface area contributed by atoms with E-state index >= 15 is 0 Å². The smallest absolute Gasteiger partial charge is 0.257 e. The summed E-state index contributed by atoms with van der Waals surface area (Å²) in [5.41, 5.74) is 1.98. The molecular formula is C17H16Cl2N4O. The van der Waals surface area contributed by atoms with Gasteiger partial charge in [0.15, 0.2) is 5.65 Å². The summed E-state index contributed by atoms with van der Waals surface area (Å²) in [7, 11) is 0. The molecule has 0 bridgehead atoms. The molecule has 2 heterocycles.